The fourth-order valence-corrected chi connectivity index (χ4v) is 2.89. The molecule has 0 heterocycles. The molecule has 0 saturated carbocycles. The van der Waals surface area contributed by atoms with Crippen LogP contribution in [0.5, 0.6) is 0 Å². The molecule has 2 unspecified atom stereocenters. The minimum Gasteiger partial charge on any atom is -0.550 e. The van der Waals surface area contributed by atoms with Crippen molar-refractivity contribution in [2.45, 2.75) is 76.4 Å². The summed E-state index contributed by atoms with van der Waals surface area (Å²) in [5, 5.41) is 29.4. The van der Waals surface area contributed by atoms with Crippen LogP contribution in [0.2, 0.25) is 0 Å². The summed E-state index contributed by atoms with van der Waals surface area (Å²) in [4.78, 5) is 33.2. The molecule has 0 spiro atoms. The first-order valence-corrected chi connectivity index (χ1v) is 10.2. The van der Waals surface area contributed by atoms with Gasteiger partial charge < -0.3 is 29.3 Å². The van der Waals surface area contributed by atoms with Gasteiger partial charge in [0.15, 0.2) is 6.10 Å². The number of esters is 1. The highest BCUT2D eigenvalue weighted by molar-refractivity contribution is 5.71. The molecule has 168 valence electrons. The normalized spacial score (nSPS) is 13.9. The van der Waals surface area contributed by atoms with E-state index in [2.05, 4.69) is 0 Å². The van der Waals surface area contributed by atoms with Crippen LogP contribution in [0.4, 0.5) is 0 Å². The van der Waals surface area contributed by atoms with Gasteiger partial charge in [0.2, 0.25) is 0 Å². The summed E-state index contributed by atoms with van der Waals surface area (Å²) in [6, 6.07) is 0. The summed E-state index contributed by atoms with van der Waals surface area (Å²) in [5.41, 5.74) is 0. The fourth-order valence-electron chi connectivity index (χ4n) is 2.89. The molecule has 0 aliphatic heterocycles. The number of aliphatic carboxylic acids is 2. The van der Waals surface area contributed by atoms with Crippen LogP contribution in [0.3, 0.4) is 0 Å². The van der Waals surface area contributed by atoms with Crippen molar-refractivity contribution in [3.05, 3.63) is 12.2 Å². The van der Waals surface area contributed by atoms with Crippen LogP contribution in [0.25, 0.3) is 0 Å². The number of aliphatic hydroxyl groups excluding tert-OH is 1. The van der Waals surface area contributed by atoms with Gasteiger partial charge in [-0.2, -0.15) is 0 Å². The molecule has 0 saturated heterocycles. The second kappa shape index (κ2) is 15.0. The minimum atomic E-state index is -1.27. The highest BCUT2D eigenvalue weighted by Crippen LogP contribution is 2.12. The lowest BCUT2D eigenvalue weighted by Crippen LogP contribution is -2.45. The molecule has 8 heteroatoms. The third-order valence-corrected chi connectivity index (χ3v) is 4.18. The monoisotopic (exact) mass is 415 g/mol. The maximum atomic E-state index is 12.0. The summed E-state index contributed by atoms with van der Waals surface area (Å²) in [6.45, 7) is 0.347. The topological polar surface area (TPSA) is 124 Å². The van der Waals surface area contributed by atoms with E-state index in [9.17, 15) is 24.6 Å². The molecule has 0 aromatic carbocycles. The minimum absolute atomic E-state index is 0.149. The lowest BCUT2D eigenvalue weighted by molar-refractivity contribution is -0.873. The van der Waals surface area contributed by atoms with Crippen molar-refractivity contribution < 1.29 is 38.9 Å². The van der Waals surface area contributed by atoms with Gasteiger partial charge in [0.1, 0.15) is 6.54 Å². The Balaban J connectivity index is 3.95. The van der Waals surface area contributed by atoms with E-state index in [1.165, 1.54) is 0 Å². The van der Waals surface area contributed by atoms with Gasteiger partial charge in [0.05, 0.1) is 33.7 Å². The number of carboxylic acid groups (broad SMARTS) is 2. The van der Waals surface area contributed by atoms with E-state index in [1.54, 1.807) is 0 Å². The number of hydrogen-bond acceptors (Lipinski definition) is 6. The molecular weight excluding hydrogens is 378 g/mol. The number of carbonyl (C=O) groups excluding carboxylic acids is 2. The Morgan fingerprint density at radius 3 is 2.17 bits per heavy atom. The van der Waals surface area contributed by atoms with Crippen molar-refractivity contribution in [3.8, 4) is 0 Å². The van der Waals surface area contributed by atoms with E-state index in [4.69, 9.17) is 9.84 Å². The fraction of sp³-hybridized carbons (Fsp3) is 0.762. The maximum absolute atomic E-state index is 12.0. The second-order valence-corrected chi connectivity index (χ2v) is 8.41. The van der Waals surface area contributed by atoms with Gasteiger partial charge in [0.25, 0.3) is 0 Å². The van der Waals surface area contributed by atoms with Gasteiger partial charge in [-0.15, -0.1) is 0 Å². The van der Waals surface area contributed by atoms with Gasteiger partial charge in [-0.25, -0.2) is 0 Å². The van der Waals surface area contributed by atoms with E-state index in [-0.39, 0.29) is 19.3 Å². The van der Waals surface area contributed by atoms with Crippen molar-refractivity contribution in [1.82, 2.24) is 0 Å². The first-order valence-electron chi connectivity index (χ1n) is 10.2. The van der Waals surface area contributed by atoms with Gasteiger partial charge in [-0.05, 0) is 32.1 Å². The molecule has 0 fully saturated rings. The van der Waals surface area contributed by atoms with Crippen LogP contribution in [-0.2, 0) is 19.1 Å². The molecule has 0 rings (SSSR count). The third kappa shape index (κ3) is 19.2. The van der Waals surface area contributed by atoms with Crippen molar-refractivity contribution >= 4 is 17.9 Å². The maximum Gasteiger partial charge on any atom is 0.308 e. The van der Waals surface area contributed by atoms with Gasteiger partial charge in [-0.3, -0.25) is 9.59 Å². The highest BCUT2D eigenvalue weighted by atomic mass is 16.5. The zero-order chi connectivity index (χ0) is 22.3. The highest BCUT2D eigenvalue weighted by Gasteiger charge is 2.23. The molecule has 0 radical (unpaired) electrons. The summed E-state index contributed by atoms with van der Waals surface area (Å²) in [6.07, 6.45) is 7.59. The molecule has 0 bridgehead atoms. The number of nitrogens with zero attached hydrogens (tertiary/aromatic N) is 1. The lowest BCUT2D eigenvalue weighted by atomic mass is 10.1. The summed E-state index contributed by atoms with van der Waals surface area (Å²) in [7, 11) is 5.61. The average molecular weight is 416 g/mol. The van der Waals surface area contributed by atoms with Crippen LogP contribution in [-0.4, -0.2) is 72.5 Å². The number of quaternary nitrogens is 1. The van der Waals surface area contributed by atoms with Crippen LogP contribution >= 0.6 is 0 Å². The third-order valence-electron chi connectivity index (χ3n) is 4.18. The van der Waals surface area contributed by atoms with Crippen LogP contribution < -0.4 is 5.11 Å². The number of hydrogen-bond donors (Lipinski definition) is 2. The molecule has 8 nitrogen and oxygen atoms in total. The van der Waals surface area contributed by atoms with Gasteiger partial charge >= 0.3 is 11.9 Å². The largest absolute Gasteiger partial charge is 0.550 e. The molecule has 0 amide bonds. The van der Waals surface area contributed by atoms with Gasteiger partial charge in [0, 0.05) is 18.8 Å². The Kier molecular flexibility index (Phi) is 14.0. The predicted octanol–water partition coefficient (Wildman–Crippen LogP) is 1.26. The van der Waals surface area contributed by atoms with E-state index in [0.717, 1.165) is 32.1 Å². The predicted molar refractivity (Wildman–Crippen MR) is 107 cm³/mol. The molecule has 0 aromatic rings. The quantitative estimate of drug-likeness (QED) is 0.159. The first-order chi connectivity index (χ1) is 13.5. The van der Waals surface area contributed by atoms with Crippen molar-refractivity contribution in [1.29, 1.82) is 0 Å². The Hall–Kier alpha value is -1.93. The zero-order valence-corrected chi connectivity index (χ0v) is 18.0. The van der Waals surface area contributed by atoms with Crippen LogP contribution in [0.15, 0.2) is 12.2 Å². The number of allylic oxidation sites excluding steroid dienone is 2. The molecule has 0 aromatic heterocycles. The molecule has 0 aliphatic rings. The Morgan fingerprint density at radius 1 is 1.00 bits per heavy atom. The SMILES string of the molecule is C[N+](C)(C)CC(CC(=O)[O-])OC(=O)CC(O)CCCCC/C=C/CCCC(=O)O. The van der Waals surface area contributed by atoms with Crippen molar-refractivity contribution in [2.75, 3.05) is 27.7 Å². The molecular formula is C21H37NO7. The Bertz CT molecular complexity index is 526. The summed E-state index contributed by atoms with van der Waals surface area (Å²) < 4.78 is 5.68. The molecule has 29 heavy (non-hydrogen) atoms. The molecule has 0 aliphatic carbocycles. The Morgan fingerprint density at radius 2 is 1.62 bits per heavy atom. The first kappa shape index (κ1) is 27.1. The number of ether oxygens (including phenoxy) is 1. The standard InChI is InChI=1S/C21H37NO7/c1-22(2,3)16-18(15-20(26)27)29-21(28)14-17(23)12-10-8-6-4-5-7-9-11-13-19(24)25/h5,7,17-18,23H,4,6,8-16H2,1-3H3,(H-,24,25,26,27)/b7-5+. The van der Waals surface area contributed by atoms with Crippen LogP contribution in [0.1, 0.15) is 64.2 Å². The molecule has 2 N–H and O–H groups in total. The number of aliphatic hydroxyl groups is 1. The van der Waals surface area contributed by atoms with Gasteiger partial charge in [-0.1, -0.05) is 25.0 Å². The van der Waals surface area contributed by atoms with E-state index < -0.39 is 30.1 Å². The van der Waals surface area contributed by atoms with E-state index in [0.29, 0.717) is 23.9 Å². The number of rotatable bonds is 17. The van der Waals surface area contributed by atoms with Crippen molar-refractivity contribution in [2.24, 2.45) is 0 Å². The summed E-state index contributed by atoms with van der Waals surface area (Å²) in [5.74, 6) is -2.64. The second-order valence-electron chi connectivity index (χ2n) is 8.41. The lowest BCUT2D eigenvalue weighted by Gasteiger charge is -2.29. The average Bonchev–Trinajstić information content (AvgIpc) is 2.53. The van der Waals surface area contributed by atoms with E-state index in [1.807, 2.05) is 33.3 Å². The van der Waals surface area contributed by atoms with E-state index >= 15 is 0 Å². The zero-order valence-electron chi connectivity index (χ0n) is 18.0. The summed E-state index contributed by atoms with van der Waals surface area (Å²) >= 11 is 0. The van der Waals surface area contributed by atoms with Crippen LogP contribution in [0, 0.1) is 0 Å². The molecule has 2 atom stereocenters. The number of carboxylic acids is 2. The number of carbonyl (C=O) groups is 3. The number of likely N-dealkylation sites (N-methyl/N-ethyl adjacent to an activating group) is 1. The smallest absolute Gasteiger partial charge is 0.308 e. The Labute approximate surface area is 173 Å². The number of unbranched alkanes of at least 4 members (excludes halogenated alkanes) is 4. The van der Waals surface area contributed by atoms with Crippen molar-refractivity contribution in [3.63, 3.8) is 0 Å².